The molecular formula is C16H23N3O. The van der Waals surface area contributed by atoms with Crippen LogP contribution in [0.1, 0.15) is 43.7 Å². The Balaban J connectivity index is 1.89. The molecule has 0 aliphatic rings. The molecule has 4 heteroatoms. The average Bonchev–Trinajstić information content (AvgIpc) is 2.83. The van der Waals surface area contributed by atoms with Crippen LogP contribution in [0.15, 0.2) is 28.7 Å². The van der Waals surface area contributed by atoms with Crippen LogP contribution in [0.4, 0.5) is 0 Å². The summed E-state index contributed by atoms with van der Waals surface area (Å²) in [6.07, 6.45) is 1.72. The summed E-state index contributed by atoms with van der Waals surface area (Å²) in [5.74, 6) is 1.36. The first-order valence-corrected chi connectivity index (χ1v) is 7.05. The highest BCUT2D eigenvalue weighted by molar-refractivity contribution is 5.25. The minimum absolute atomic E-state index is 0.0514. The van der Waals surface area contributed by atoms with Crippen LogP contribution in [-0.4, -0.2) is 15.7 Å². The number of rotatable bonds is 5. The maximum absolute atomic E-state index is 5.66. The zero-order valence-corrected chi connectivity index (χ0v) is 12.7. The number of nitrogens with zero attached hydrogens (tertiary/aromatic N) is 2. The van der Waals surface area contributed by atoms with Gasteiger partial charge in [0.1, 0.15) is 0 Å². The van der Waals surface area contributed by atoms with E-state index >= 15 is 0 Å². The third kappa shape index (κ3) is 4.46. The number of hydrogen-bond acceptors (Lipinski definition) is 4. The molecule has 0 fully saturated rings. The van der Waals surface area contributed by atoms with Crippen molar-refractivity contribution in [3.05, 3.63) is 47.2 Å². The molecule has 0 aliphatic heterocycles. The summed E-state index contributed by atoms with van der Waals surface area (Å²) in [7, 11) is 0. The Morgan fingerprint density at radius 1 is 1.05 bits per heavy atom. The second-order valence-electron chi connectivity index (χ2n) is 6.12. The lowest BCUT2D eigenvalue weighted by atomic mass is 10.0. The van der Waals surface area contributed by atoms with Crippen molar-refractivity contribution in [2.45, 2.75) is 52.6 Å². The van der Waals surface area contributed by atoms with E-state index in [4.69, 9.17) is 4.42 Å². The minimum Gasteiger partial charge on any atom is -0.424 e. The third-order valence-corrected chi connectivity index (χ3v) is 3.15. The van der Waals surface area contributed by atoms with Crippen molar-refractivity contribution in [3.8, 4) is 0 Å². The van der Waals surface area contributed by atoms with Gasteiger partial charge in [-0.25, -0.2) is 0 Å². The molecule has 1 heterocycles. The maximum atomic E-state index is 5.66. The third-order valence-electron chi connectivity index (χ3n) is 3.15. The van der Waals surface area contributed by atoms with Crippen LogP contribution in [0, 0.1) is 6.92 Å². The van der Waals surface area contributed by atoms with Gasteiger partial charge in [0.05, 0.1) is 6.54 Å². The standard InChI is InChI=1S/C16H23N3O/c1-12-7-5-6-8-13(12)9-10-14-18-19-15(20-14)11-17-16(2,3)4/h5-8,17H,9-11H2,1-4H3. The predicted molar refractivity (Wildman–Crippen MR) is 79.5 cm³/mol. The van der Waals surface area contributed by atoms with Gasteiger partial charge in [-0.15, -0.1) is 10.2 Å². The van der Waals surface area contributed by atoms with E-state index < -0.39 is 0 Å². The molecule has 0 unspecified atom stereocenters. The predicted octanol–water partition coefficient (Wildman–Crippen LogP) is 3.05. The molecule has 0 spiro atoms. The monoisotopic (exact) mass is 273 g/mol. The lowest BCUT2D eigenvalue weighted by Crippen LogP contribution is -2.35. The molecule has 0 atom stereocenters. The summed E-state index contributed by atoms with van der Waals surface area (Å²) in [4.78, 5) is 0. The normalized spacial score (nSPS) is 11.8. The maximum Gasteiger partial charge on any atom is 0.230 e. The van der Waals surface area contributed by atoms with Gasteiger partial charge in [0.25, 0.3) is 0 Å². The molecule has 2 rings (SSSR count). The van der Waals surface area contributed by atoms with Gasteiger partial charge in [-0.3, -0.25) is 0 Å². The summed E-state index contributed by atoms with van der Waals surface area (Å²) in [6.45, 7) is 9.08. The molecule has 0 saturated heterocycles. The SMILES string of the molecule is Cc1ccccc1CCc1nnc(CNC(C)(C)C)o1. The molecule has 4 nitrogen and oxygen atoms in total. The summed E-state index contributed by atoms with van der Waals surface area (Å²) in [6, 6.07) is 8.40. The molecule has 20 heavy (non-hydrogen) atoms. The minimum atomic E-state index is 0.0514. The van der Waals surface area contributed by atoms with E-state index in [1.807, 2.05) is 0 Å². The van der Waals surface area contributed by atoms with Gasteiger partial charge in [-0.05, 0) is 45.2 Å². The average molecular weight is 273 g/mol. The highest BCUT2D eigenvalue weighted by Gasteiger charge is 2.12. The van der Waals surface area contributed by atoms with Crippen LogP contribution >= 0.6 is 0 Å². The Bertz CT molecular complexity index is 555. The van der Waals surface area contributed by atoms with E-state index in [2.05, 4.69) is 67.5 Å². The van der Waals surface area contributed by atoms with E-state index in [1.54, 1.807) is 0 Å². The zero-order valence-electron chi connectivity index (χ0n) is 12.7. The summed E-state index contributed by atoms with van der Waals surface area (Å²) in [5, 5.41) is 11.5. The van der Waals surface area contributed by atoms with Gasteiger partial charge in [0, 0.05) is 12.0 Å². The largest absolute Gasteiger partial charge is 0.424 e. The fourth-order valence-electron chi connectivity index (χ4n) is 1.93. The molecule has 2 aromatic rings. The first kappa shape index (κ1) is 14.7. The van der Waals surface area contributed by atoms with Crippen LogP contribution in [-0.2, 0) is 19.4 Å². The van der Waals surface area contributed by atoms with E-state index in [1.165, 1.54) is 11.1 Å². The molecule has 0 saturated carbocycles. The number of nitrogens with one attached hydrogen (secondary N) is 1. The smallest absolute Gasteiger partial charge is 0.230 e. The van der Waals surface area contributed by atoms with Crippen molar-refractivity contribution in [2.24, 2.45) is 0 Å². The number of aryl methyl sites for hydroxylation is 3. The molecule has 0 bridgehead atoms. The molecule has 0 aliphatic carbocycles. The van der Waals surface area contributed by atoms with Crippen LogP contribution in [0.25, 0.3) is 0 Å². The van der Waals surface area contributed by atoms with Gasteiger partial charge in [-0.2, -0.15) is 0 Å². The number of aromatic nitrogens is 2. The molecular weight excluding hydrogens is 250 g/mol. The van der Waals surface area contributed by atoms with Gasteiger partial charge in [0.2, 0.25) is 11.8 Å². The molecule has 1 N–H and O–H groups in total. The molecule has 0 radical (unpaired) electrons. The molecule has 1 aromatic carbocycles. The van der Waals surface area contributed by atoms with Crippen LogP contribution in [0.2, 0.25) is 0 Å². The fourth-order valence-corrected chi connectivity index (χ4v) is 1.93. The Hall–Kier alpha value is -1.68. The topological polar surface area (TPSA) is 51.0 Å². The quantitative estimate of drug-likeness (QED) is 0.909. The first-order valence-electron chi connectivity index (χ1n) is 7.05. The lowest BCUT2D eigenvalue weighted by Gasteiger charge is -2.18. The highest BCUT2D eigenvalue weighted by atomic mass is 16.4. The van der Waals surface area contributed by atoms with E-state index in [0.717, 1.165) is 12.8 Å². The van der Waals surface area contributed by atoms with Crippen LogP contribution in [0.3, 0.4) is 0 Å². The van der Waals surface area contributed by atoms with Crippen molar-refractivity contribution in [1.82, 2.24) is 15.5 Å². The summed E-state index contributed by atoms with van der Waals surface area (Å²) >= 11 is 0. The molecule has 1 aromatic heterocycles. The van der Waals surface area contributed by atoms with E-state index in [9.17, 15) is 0 Å². The van der Waals surface area contributed by atoms with Crippen LogP contribution < -0.4 is 5.32 Å². The van der Waals surface area contributed by atoms with E-state index in [0.29, 0.717) is 18.3 Å². The van der Waals surface area contributed by atoms with E-state index in [-0.39, 0.29) is 5.54 Å². The van der Waals surface area contributed by atoms with Gasteiger partial charge in [-0.1, -0.05) is 24.3 Å². The van der Waals surface area contributed by atoms with Gasteiger partial charge >= 0.3 is 0 Å². The lowest BCUT2D eigenvalue weighted by molar-refractivity contribution is 0.370. The first-order chi connectivity index (χ1) is 9.44. The molecule has 108 valence electrons. The van der Waals surface area contributed by atoms with Gasteiger partial charge < -0.3 is 9.73 Å². The second-order valence-corrected chi connectivity index (χ2v) is 6.12. The van der Waals surface area contributed by atoms with Crippen molar-refractivity contribution in [3.63, 3.8) is 0 Å². The second kappa shape index (κ2) is 6.18. The van der Waals surface area contributed by atoms with Gasteiger partial charge in [0.15, 0.2) is 0 Å². The zero-order chi connectivity index (χ0) is 14.6. The number of hydrogen-bond donors (Lipinski definition) is 1. The summed E-state index contributed by atoms with van der Waals surface area (Å²) in [5.41, 5.74) is 2.69. The van der Waals surface area contributed by atoms with Crippen molar-refractivity contribution >= 4 is 0 Å². The van der Waals surface area contributed by atoms with Crippen molar-refractivity contribution in [2.75, 3.05) is 0 Å². The highest BCUT2D eigenvalue weighted by Crippen LogP contribution is 2.11. The molecule has 0 amide bonds. The fraction of sp³-hybridized carbons (Fsp3) is 0.500. The van der Waals surface area contributed by atoms with Crippen molar-refractivity contribution < 1.29 is 4.42 Å². The van der Waals surface area contributed by atoms with Crippen LogP contribution in [0.5, 0.6) is 0 Å². The van der Waals surface area contributed by atoms with Crippen molar-refractivity contribution in [1.29, 1.82) is 0 Å². The summed E-state index contributed by atoms with van der Waals surface area (Å²) < 4.78 is 5.66. The Kier molecular flexibility index (Phi) is 4.55. The Morgan fingerprint density at radius 2 is 1.75 bits per heavy atom. The Morgan fingerprint density at radius 3 is 2.45 bits per heavy atom. The number of benzene rings is 1. The Labute approximate surface area is 120 Å².